The number of hydrogen-bond donors (Lipinski definition) is 2. The van der Waals surface area contributed by atoms with E-state index >= 15 is 0 Å². The molecular weight excluding hydrogens is 251 g/mol. The molecule has 1 aromatic heterocycles. The van der Waals surface area contributed by atoms with E-state index in [0.717, 1.165) is 11.3 Å². The summed E-state index contributed by atoms with van der Waals surface area (Å²) in [6.45, 7) is 1.94. The maximum Gasteiger partial charge on any atom is 0.411 e. The highest BCUT2D eigenvalue weighted by atomic mass is 19.4. The molecule has 0 atom stereocenters. The van der Waals surface area contributed by atoms with Gasteiger partial charge in [0.1, 0.15) is 6.61 Å². The van der Waals surface area contributed by atoms with Gasteiger partial charge in [-0.3, -0.25) is 9.89 Å². The molecule has 0 bridgehead atoms. The molecule has 5 nitrogen and oxygen atoms in total. The zero-order valence-corrected chi connectivity index (χ0v) is 10.0. The Morgan fingerprint density at radius 3 is 2.61 bits per heavy atom. The summed E-state index contributed by atoms with van der Waals surface area (Å²) >= 11 is 0. The van der Waals surface area contributed by atoms with Gasteiger partial charge in [-0.15, -0.1) is 0 Å². The van der Waals surface area contributed by atoms with Crippen molar-refractivity contribution in [2.24, 2.45) is 0 Å². The highest BCUT2D eigenvalue weighted by molar-refractivity contribution is 5.90. The standard InChI is InChI=1S/C10H14F3N3O2/c1-6-7(2)15-16-9(6)14-8(17)3-4-18-5-10(11,12)13/h3-5H2,1-2H3,(H2,14,15,16,17). The smallest absolute Gasteiger partial charge is 0.372 e. The van der Waals surface area contributed by atoms with Gasteiger partial charge in [0.15, 0.2) is 5.82 Å². The first-order valence-corrected chi connectivity index (χ1v) is 5.25. The Balaban J connectivity index is 2.28. The predicted molar refractivity (Wildman–Crippen MR) is 58.2 cm³/mol. The van der Waals surface area contributed by atoms with Crippen LogP contribution in [0.3, 0.4) is 0 Å². The Hall–Kier alpha value is -1.57. The molecule has 0 fully saturated rings. The summed E-state index contributed by atoms with van der Waals surface area (Å²) in [4.78, 5) is 11.4. The second-order valence-electron chi connectivity index (χ2n) is 3.79. The van der Waals surface area contributed by atoms with Gasteiger partial charge in [0.25, 0.3) is 0 Å². The van der Waals surface area contributed by atoms with E-state index in [1.807, 2.05) is 0 Å². The first-order valence-electron chi connectivity index (χ1n) is 5.25. The minimum Gasteiger partial charge on any atom is -0.372 e. The summed E-state index contributed by atoms with van der Waals surface area (Å²) in [6.07, 6.45) is -4.52. The number of hydrogen-bond acceptors (Lipinski definition) is 3. The van der Waals surface area contributed by atoms with Crippen molar-refractivity contribution >= 4 is 11.7 Å². The monoisotopic (exact) mass is 265 g/mol. The van der Waals surface area contributed by atoms with Crippen LogP contribution in [-0.4, -0.2) is 35.5 Å². The molecule has 18 heavy (non-hydrogen) atoms. The summed E-state index contributed by atoms with van der Waals surface area (Å²) in [5.41, 5.74) is 1.61. The van der Waals surface area contributed by atoms with Crippen LogP contribution in [0.5, 0.6) is 0 Å². The van der Waals surface area contributed by atoms with Crippen LogP contribution in [0.15, 0.2) is 0 Å². The second-order valence-corrected chi connectivity index (χ2v) is 3.79. The molecule has 1 amide bonds. The van der Waals surface area contributed by atoms with Gasteiger partial charge in [-0.2, -0.15) is 18.3 Å². The zero-order chi connectivity index (χ0) is 13.8. The normalized spacial score (nSPS) is 11.6. The Morgan fingerprint density at radius 2 is 2.11 bits per heavy atom. The minimum atomic E-state index is -4.37. The maximum absolute atomic E-state index is 11.7. The van der Waals surface area contributed by atoms with Crippen molar-refractivity contribution < 1.29 is 22.7 Å². The third kappa shape index (κ3) is 4.74. The molecule has 1 heterocycles. The van der Waals surface area contributed by atoms with Crippen LogP contribution in [0.4, 0.5) is 19.0 Å². The fourth-order valence-electron chi connectivity index (χ4n) is 1.15. The SMILES string of the molecule is Cc1[nH]nc(NC(=O)CCOCC(F)(F)F)c1C. The number of nitrogens with one attached hydrogen (secondary N) is 2. The average molecular weight is 265 g/mol. The van der Waals surface area contributed by atoms with E-state index in [1.54, 1.807) is 13.8 Å². The number of carbonyl (C=O) groups is 1. The van der Waals surface area contributed by atoms with Crippen molar-refractivity contribution in [2.45, 2.75) is 26.4 Å². The first kappa shape index (κ1) is 14.5. The zero-order valence-electron chi connectivity index (χ0n) is 10.0. The molecule has 0 spiro atoms. The summed E-state index contributed by atoms with van der Waals surface area (Å²) < 4.78 is 39.6. The lowest BCUT2D eigenvalue weighted by Gasteiger charge is -2.07. The van der Waals surface area contributed by atoms with Crippen molar-refractivity contribution in [3.05, 3.63) is 11.3 Å². The van der Waals surface area contributed by atoms with E-state index in [4.69, 9.17) is 0 Å². The summed E-state index contributed by atoms with van der Waals surface area (Å²) in [6, 6.07) is 0. The molecule has 0 saturated heterocycles. The van der Waals surface area contributed by atoms with Crippen LogP contribution in [0, 0.1) is 13.8 Å². The molecular formula is C10H14F3N3O2. The van der Waals surface area contributed by atoms with Crippen LogP contribution in [0.2, 0.25) is 0 Å². The van der Waals surface area contributed by atoms with Crippen molar-refractivity contribution in [2.75, 3.05) is 18.5 Å². The van der Waals surface area contributed by atoms with Gasteiger partial charge in [0, 0.05) is 11.3 Å². The van der Waals surface area contributed by atoms with Crippen molar-refractivity contribution in [3.8, 4) is 0 Å². The van der Waals surface area contributed by atoms with Gasteiger partial charge in [0.2, 0.25) is 5.91 Å². The number of nitrogens with zero attached hydrogens (tertiary/aromatic N) is 1. The van der Waals surface area contributed by atoms with E-state index in [1.165, 1.54) is 0 Å². The molecule has 0 unspecified atom stereocenters. The Morgan fingerprint density at radius 1 is 1.44 bits per heavy atom. The minimum absolute atomic E-state index is 0.151. The lowest BCUT2D eigenvalue weighted by molar-refractivity contribution is -0.174. The molecule has 0 saturated carbocycles. The Bertz CT molecular complexity index is 415. The van der Waals surface area contributed by atoms with Gasteiger partial charge >= 0.3 is 6.18 Å². The maximum atomic E-state index is 11.7. The Kier molecular flexibility index (Phi) is 4.71. The number of rotatable bonds is 5. The van der Waals surface area contributed by atoms with Gasteiger partial charge in [-0.25, -0.2) is 0 Å². The molecule has 102 valence electrons. The number of anilines is 1. The average Bonchev–Trinajstić information content (AvgIpc) is 2.55. The van der Waals surface area contributed by atoms with Crippen molar-refractivity contribution in [1.29, 1.82) is 0 Å². The summed E-state index contributed by atoms with van der Waals surface area (Å²) in [7, 11) is 0. The van der Waals surface area contributed by atoms with Gasteiger partial charge < -0.3 is 10.1 Å². The molecule has 1 aromatic rings. The number of ether oxygens (including phenoxy) is 1. The van der Waals surface area contributed by atoms with Crippen LogP contribution in [0.25, 0.3) is 0 Å². The topological polar surface area (TPSA) is 67.0 Å². The van der Waals surface area contributed by atoms with Crippen molar-refractivity contribution in [3.63, 3.8) is 0 Å². The predicted octanol–water partition coefficient (Wildman–Crippen LogP) is 1.93. The fourth-order valence-corrected chi connectivity index (χ4v) is 1.15. The number of alkyl halides is 3. The molecule has 0 aliphatic carbocycles. The number of carbonyl (C=O) groups excluding carboxylic acids is 1. The highest BCUT2D eigenvalue weighted by Gasteiger charge is 2.27. The summed E-state index contributed by atoms with van der Waals surface area (Å²) in [5, 5.41) is 9.02. The number of aryl methyl sites for hydroxylation is 1. The lowest BCUT2D eigenvalue weighted by Crippen LogP contribution is -2.20. The first-order chi connectivity index (χ1) is 8.29. The summed E-state index contributed by atoms with van der Waals surface area (Å²) in [5.74, 6) is -0.0555. The second kappa shape index (κ2) is 5.85. The van der Waals surface area contributed by atoms with E-state index in [9.17, 15) is 18.0 Å². The molecule has 0 aliphatic rings. The van der Waals surface area contributed by atoms with Crippen molar-refractivity contribution in [1.82, 2.24) is 10.2 Å². The van der Waals surface area contributed by atoms with E-state index in [-0.39, 0.29) is 13.0 Å². The molecule has 0 radical (unpaired) electrons. The molecule has 0 aromatic carbocycles. The number of aromatic nitrogens is 2. The van der Waals surface area contributed by atoms with Crippen LogP contribution < -0.4 is 5.32 Å². The highest BCUT2D eigenvalue weighted by Crippen LogP contribution is 2.15. The van der Waals surface area contributed by atoms with Gasteiger partial charge in [-0.05, 0) is 13.8 Å². The van der Waals surface area contributed by atoms with E-state index in [2.05, 4.69) is 20.3 Å². The van der Waals surface area contributed by atoms with Gasteiger partial charge in [-0.1, -0.05) is 0 Å². The number of aromatic amines is 1. The number of H-pyrrole nitrogens is 1. The third-order valence-electron chi connectivity index (χ3n) is 2.25. The largest absolute Gasteiger partial charge is 0.411 e. The van der Waals surface area contributed by atoms with Crippen LogP contribution in [0.1, 0.15) is 17.7 Å². The fraction of sp³-hybridized carbons (Fsp3) is 0.600. The Labute approximate surface area is 102 Å². The van der Waals surface area contributed by atoms with Crippen LogP contribution >= 0.6 is 0 Å². The van der Waals surface area contributed by atoms with Crippen LogP contribution in [-0.2, 0) is 9.53 Å². The van der Waals surface area contributed by atoms with E-state index < -0.39 is 18.7 Å². The molecule has 8 heteroatoms. The lowest BCUT2D eigenvalue weighted by atomic mass is 10.3. The molecule has 2 N–H and O–H groups in total. The number of halogens is 3. The molecule has 1 rings (SSSR count). The van der Waals surface area contributed by atoms with E-state index in [0.29, 0.717) is 5.82 Å². The molecule has 0 aliphatic heterocycles. The third-order valence-corrected chi connectivity index (χ3v) is 2.25. The quantitative estimate of drug-likeness (QED) is 0.799. The van der Waals surface area contributed by atoms with Gasteiger partial charge in [0.05, 0.1) is 13.0 Å². The number of amides is 1.